The van der Waals surface area contributed by atoms with Crippen LogP contribution in [0.2, 0.25) is 0 Å². The molecule has 1 N–H and O–H groups in total. The maximum absolute atomic E-state index is 12.5. The van der Waals surface area contributed by atoms with Crippen molar-refractivity contribution in [2.45, 2.75) is 26.3 Å². The van der Waals surface area contributed by atoms with Crippen molar-refractivity contribution >= 4 is 46.3 Å². The smallest absolute Gasteiger partial charge is 0.326 e. The zero-order valence-electron chi connectivity index (χ0n) is 14.1. The third-order valence-corrected chi connectivity index (χ3v) is 4.85. The SMILES string of the molecule is CCCOc1ccc(/C=C2\SC(=S)N([C@@H](C)C(=O)O)C2=O)cc1OC. The van der Waals surface area contributed by atoms with Crippen molar-refractivity contribution in [1.29, 1.82) is 0 Å². The van der Waals surface area contributed by atoms with E-state index in [2.05, 4.69) is 0 Å². The van der Waals surface area contributed by atoms with Gasteiger partial charge in [-0.05, 0) is 37.1 Å². The number of thiocarbonyl (C=S) groups is 1. The van der Waals surface area contributed by atoms with Gasteiger partial charge >= 0.3 is 5.97 Å². The van der Waals surface area contributed by atoms with Gasteiger partial charge in [-0.1, -0.05) is 37.0 Å². The molecule has 25 heavy (non-hydrogen) atoms. The summed E-state index contributed by atoms with van der Waals surface area (Å²) in [4.78, 5) is 25.1. The second kappa shape index (κ2) is 8.35. The second-order valence-electron chi connectivity index (χ2n) is 5.32. The number of hydrogen-bond acceptors (Lipinski definition) is 6. The molecule has 134 valence electrons. The number of aliphatic carboxylic acids is 1. The van der Waals surface area contributed by atoms with E-state index in [4.69, 9.17) is 26.8 Å². The Morgan fingerprint density at radius 3 is 2.76 bits per heavy atom. The first-order valence-electron chi connectivity index (χ1n) is 7.69. The van der Waals surface area contributed by atoms with Gasteiger partial charge in [0.05, 0.1) is 18.6 Å². The number of carboxylic acid groups (broad SMARTS) is 1. The number of hydrogen-bond donors (Lipinski definition) is 1. The lowest BCUT2D eigenvalue weighted by atomic mass is 10.1. The molecular formula is C17H19NO5S2. The fourth-order valence-electron chi connectivity index (χ4n) is 2.18. The third kappa shape index (κ3) is 4.32. The van der Waals surface area contributed by atoms with E-state index in [1.807, 2.05) is 6.92 Å². The summed E-state index contributed by atoms with van der Waals surface area (Å²) in [5.41, 5.74) is 0.740. The van der Waals surface area contributed by atoms with Gasteiger partial charge in [0, 0.05) is 0 Å². The monoisotopic (exact) mass is 381 g/mol. The standard InChI is InChI=1S/C17H19NO5S2/c1-4-7-23-12-6-5-11(8-13(12)22-3)9-14-15(19)18(17(24)25-14)10(2)16(20)21/h5-6,8-10H,4,7H2,1-3H3,(H,20,21)/b14-9-/t10-/m0/s1. The molecule has 1 aliphatic rings. The third-order valence-electron chi connectivity index (χ3n) is 3.52. The zero-order chi connectivity index (χ0) is 18.6. The maximum atomic E-state index is 12.5. The summed E-state index contributed by atoms with van der Waals surface area (Å²) in [6.45, 7) is 4.03. The molecule has 0 radical (unpaired) electrons. The van der Waals surface area contributed by atoms with E-state index >= 15 is 0 Å². The van der Waals surface area contributed by atoms with Gasteiger partial charge in [-0.2, -0.15) is 0 Å². The predicted molar refractivity (Wildman–Crippen MR) is 101 cm³/mol. The molecule has 0 spiro atoms. The Hall–Kier alpha value is -2.06. The molecule has 1 aromatic rings. The predicted octanol–water partition coefficient (Wildman–Crippen LogP) is 3.16. The van der Waals surface area contributed by atoms with E-state index in [0.717, 1.165) is 28.6 Å². The van der Waals surface area contributed by atoms with Crippen molar-refractivity contribution in [1.82, 2.24) is 4.90 Å². The van der Waals surface area contributed by atoms with Crippen LogP contribution < -0.4 is 9.47 Å². The summed E-state index contributed by atoms with van der Waals surface area (Å²) >= 11 is 6.23. The normalized spacial score (nSPS) is 17.1. The number of carbonyl (C=O) groups is 2. The first-order chi connectivity index (χ1) is 11.9. The number of rotatable bonds is 7. The van der Waals surface area contributed by atoms with E-state index in [-0.39, 0.29) is 4.32 Å². The average molecular weight is 381 g/mol. The number of ether oxygens (including phenoxy) is 2. The fourth-order valence-corrected chi connectivity index (χ4v) is 3.60. The number of thioether (sulfide) groups is 1. The van der Waals surface area contributed by atoms with Crippen LogP contribution in [0.4, 0.5) is 0 Å². The van der Waals surface area contributed by atoms with Crippen molar-refractivity contribution in [3.05, 3.63) is 28.7 Å². The van der Waals surface area contributed by atoms with Gasteiger partial charge < -0.3 is 14.6 Å². The van der Waals surface area contributed by atoms with Gasteiger partial charge in [0.2, 0.25) is 0 Å². The van der Waals surface area contributed by atoms with Crippen molar-refractivity contribution in [2.24, 2.45) is 0 Å². The van der Waals surface area contributed by atoms with Crippen LogP contribution in [-0.2, 0) is 9.59 Å². The quantitative estimate of drug-likeness (QED) is 0.574. The Labute approximate surface area is 155 Å². The lowest BCUT2D eigenvalue weighted by Crippen LogP contribution is -2.41. The molecule has 1 saturated heterocycles. The van der Waals surface area contributed by atoms with Crippen molar-refractivity contribution in [2.75, 3.05) is 13.7 Å². The number of carbonyl (C=O) groups excluding carboxylic acids is 1. The van der Waals surface area contributed by atoms with Crippen LogP contribution in [0.15, 0.2) is 23.1 Å². The highest BCUT2D eigenvalue weighted by atomic mass is 32.2. The van der Waals surface area contributed by atoms with Crippen LogP contribution >= 0.6 is 24.0 Å². The molecule has 0 saturated carbocycles. The highest BCUT2D eigenvalue weighted by molar-refractivity contribution is 8.26. The highest BCUT2D eigenvalue weighted by Crippen LogP contribution is 2.35. The lowest BCUT2D eigenvalue weighted by molar-refractivity contribution is -0.144. The minimum atomic E-state index is -1.10. The summed E-state index contributed by atoms with van der Waals surface area (Å²) in [5.74, 6) is -0.308. The fraction of sp³-hybridized carbons (Fsp3) is 0.353. The molecule has 1 fully saturated rings. The first kappa shape index (κ1) is 19.3. The molecule has 0 aromatic heterocycles. The Balaban J connectivity index is 2.27. The van der Waals surface area contributed by atoms with E-state index in [1.165, 1.54) is 6.92 Å². The van der Waals surface area contributed by atoms with Gasteiger partial charge in [-0.25, -0.2) is 4.79 Å². The largest absolute Gasteiger partial charge is 0.493 e. The summed E-state index contributed by atoms with van der Waals surface area (Å²) in [7, 11) is 1.55. The van der Waals surface area contributed by atoms with Gasteiger partial charge in [0.1, 0.15) is 10.4 Å². The maximum Gasteiger partial charge on any atom is 0.326 e. The van der Waals surface area contributed by atoms with E-state index in [1.54, 1.807) is 31.4 Å². The topological polar surface area (TPSA) is 76.1 Å². The Morgan fingerprint density at radius 1 is 1.44 bits per heavy atom. The van der Waals surface area contributed by atoms with Crippen LogP contribution in [-0.4, -0.2) is 46.0 Å². The molecule has 0 unspecified atom stereocenters. The van der Waals surface area contributed by atoms with Gasteiger partial charge in [-0.3, -0.25) is 9.69 Å². The van der Waals surface area contributed by atoms with Crippen LogP contribution in [0.5, 0.6) is 11.5 Å². The molecule has 0 aliphatic carbocycles. The molecule has 1 aliphatic heterocycles. The van der Waals surface area contributed by atoms with Crippen LogP contribution in [0.25, 0.3) is 6.08 Å². The molecule has 1 amide bonds. The van der Waals surface area contributed by atoms with E-state index in [0.29, 0.717) is 23.0 Å². The van der Waals surface area contributed by atoms with Crippen molar-refractivity contribution < 1.29 is 24.2 Å². The average Bonchev–Trinajstić information content (AvgIpc) is 2.86. The number of nitrogens with zero attached hydrogens (tertiary/aromatic N) is 1. The molecule has 1 aromatic carbocycles. The van der Waals surface area contributed by atoms with Gasteiger partial charge in [0.25, 0.3) is 5.91 Å². The van der Waals surface area contributed by atoms with Crippen molar-refractivity contribution in [3.63, 3.8) is 0 Å². The summed E-state index contributed by atoms with van der Waals surface area (Å²) in [6, 6.07) is 4.34. The van der Waals surface area contributed by atoms with Crippen LogP contribution in [0.3, 0.4) is 0 Å². The Morgan fingerprint density at radius 2 is 2.16 bits per heavy atom. The number of benzene rings is 1. The molecule has 2 rings (SSSR count). The lowest BCUT2D eigenvalue weighted by Gasteiger charge is -2.18. The number of carboxylic acids is 1. The van der Waals surface area contributed by atoms with Gasteiger partial charge in [0.15, 0.2) is 11.5 Å². The van der Waals surface area contributed by atoms with Crippen LogP contribution in [0, 0.1) is 0 Å². The van der Waals surface area contributed by atoms with Gasteiger partial charge in [-0.15, -0.1) is 0 Å². The zero-order valence-corrected chi connectivity index (χ0v) is 15.8. The molecule has 8 heteroatoms. The summed E-state index contributed by atoms with van der Waals surface area (Å²) in [5, 5.41) is 9.11. The molecular weight excluding hydrogens is 362 g/mol. The minimum absolute atomic E-state index is 0.237. The molecule has 6 nitrogen and oxygen atoms in total. The summed E-state index contributed by atoms with van der Waals surface area (Å²) < 4.78 is 11.2. The van der Waals surface area contributed by atoms with E-state index in [9.17, 15) is 9.59 Å². The molecule has 0 bridgehead atoms. The van der Waals surface area contributed by atoms with Crippen LogP contribution in [0.1, 0.15) is 25.8 Å². The van der Waals surface area contributed by atoms with E-state index < -0.39 is 17.9 Å². The van der Waals surface area contributed by atoms with Crippen molar-refractivity contribution in [3.8, 4) is 11.5 Å². The molecule has 1 heterocycles. The Kier molecular flexibility index (Phi) is 6.44. The first-order valence-corrected chi connectivity index (χ1v) is 8.92. The summed E-state index contributed by atoms with van der Waals surface area (Å²) in [6.07, 6.45) is 2.55. The minimum Gasteiger partial charge on any atom is -0.493 e. The highest BCUT2D eigenvalue weighted by Gasteiger charge is 2.38. The molecule has 1 atom stereocenters. The number of amides is 1. The second-order valence-corrected chi connectivity index (χ2v) is 7.00. The Bertz CT molecular complexity index is 732. The number of methoxy groups -OCH3 is 1.